The first kappa shape index (κ1) is 19.9. The van der Waals surface area contributed by atoms with Crippen LogP contribution in [0, 0.1) is 0 Å². The molecule has 4 aromatic carbocycles. The minimum atomic E-state index is 0.655. The summed E-state index contributed by atoms with van der Waals surface area (Å²) in [7, 11) is 0. The van der Waals surface area contributed by atoms with Crippen molar-refractivity contribution in [3.05, 3.63) is 121 Å². The third-order valence-electron chi connectivity index (χ3n) is 5.78. The summed E-state index contributed by atoms with van der Waals surface area (Å²) < 4.78 is 0. The smallest absolute Gasteiger partial charge is 0.164 e. The molecule has 0 bridgehead atoms. The first-order valence-electron chi connectivity index (χ1n) is 11.2. The summed E-state index contributed by atoms with van der Waals surface area (Å²) >= 11 is 0. The Kier molecular flexibility index (Phi) is 5.09. The van der Waals surface area contributed by atoms with Crippen molar-refractivity contribution in [2.75, 3.05) is 0 Å². The van der Waals surface area contributed by atoms with Crippen LogP contribution >= 0.6 is 0 Å². The van der Waals surface area contributed by atoms with Gasteiger partial charge in [0.2, 0.25) is 0 Å². The lowest BCUT2D eigenvalue weighted by atomic mass is 10.0. The van der Waals surface area contributed by atoms with E-state index in [0.717, 1.165) is 38.7 Å². The van der Waals surface area contributed by atoms with Crippen LogP contribution in [0.2, 0.25) is 0 Å². The predicted molar refractivity (Wildman–Crippen MR) is 137 cm³/mol. The van der Waals surface area contributed by atoms with Crippen molar-refractivity contribution < 1.29 is 0 Å². The van der Waals surface area contributed by atoms with E-state index in [2.05, 4.69) is 53.5 Å². The first-order chi connectivity index (χ1) is 16.8. The average molecular weight is 437 g/mol. The number of nitrogens with zero attached hydrogens (tertiary/aromatic N) is 4. The molecule has 2 heterocycles. The van der Waals surface area contributed by atoms with Gasteiger partial charge in [-0.3, -0.25) is 4.98 Å². The van der Waals surface area contributed by atoms with Crippen LogP contribution in [-0.2, 0) is 0 Å². The summed E-state index contributed by atoms with van der Waals surface area (Å²) in [6, 6.07) is 38.8. The molecule has 0 saturated carbocycles. The van der Waals surface area contributed by atoms with Crippen LogP contribution in [0.1, 0.15) is 0 Å². The van der Waals surface area contributed by atoms with Crippen molar-refractivity contribution in [3.8, 4) is 45.3 Å². The second-order valence-electron chi connectivity index (χ2n) is 8.03. The van der Waals surface area contributed by atoms with Gasteiger partial charge in [-0.1, -0.05) is 97.1 Å². The van der Waals surface area contributed by atoms with Crippen LogP contribution in [0.4, 0.5) is 0 Å². The zero-order valence-electron chi connectivity index (χ0n) is 18.3. The highest BCUT2D eigenvalue weighted by Gasteiger charge is 2.12. The molecular weight excluding hydrogens is 416 g/mol. The molecule has 0 aliphatic carbocycles. The predicted octanol–water partition coefficient (Wildman–Crippen LogP) is 7.09. The fourth-order valence-corrected chi connectivity index (χ4v) is 4.00. The van der Waals surface area contributed by atoms with Gasteiger partial charge in [0.05, 0.1) is 5.52 Å². The quantitative estimate of drug-likeness (QED) is 0.296. The summed E-state index contributed by atoms with van der Waals surface area (Å²) in [5.74, 6) is 1.98. The maximum Gasteiger partial charge on any atom is 0.164 e. The van der Waals surface area contributed by atoms with E-state index in [0.29, 0.717) is 17.5 Å². The van der Waals surface area contributed by atoms with Gasteiger partial charge >= 0.3 is 0 Å². The van der Waals surface area contributed by atoms with Crippen LogP contribution in [0.25, 0.3) is 56.2 Å². The molecule has 34 heavy (non-hydrogen) atoms. The molecule has 0 unspecified atom stereocenters. The van der Waals surface area contributed by atoms with Crippen molar-refractivity contribution in [1.29, 1.82) is 0 Å². The van der Waals surface area contributed by atoms with E-state index in [4.69, 9.17) is 15.0 Å². The van der Waals surface area contributed by atoms with Crippen LogP contribution in [0.15, 0.2) is 121 Å². The fourth-order valence-electron chi connectivity index (χ4n) is 4.00. The Labute approximate surface area is 197 Å². The summed E-state index contributed by atoms with van der Waals surface area (Å²) in [5.41, 5.74) is 6.15. The number of benzene rings is 4. The molecule has 0 fully saturated rings. The van der Waals surface area contributed by atoms with Gasteiger partial charge in [-0.2, -0.15) is 0 Å². The van der Waals surface area contributed by atoms with E-state index in [-0.39, 0.29) is 0 Å². The summed E-state index contributed by atoms with van der Waals surface area (Å²) in [6.45, 7) is 0. The third kappa shape index (κ3) is 3.93. The third-order valence-corrected chi connectivity index (χ3v) is 5.78. The van der Waals surface area contributed by atoms with E-state index in [1.165, 1.54) is 0 Å². The Bertz CT molecular complexity index is 1520. The highest BCUT2D eigenvalue weighted by Crippen LogP contribution is 2.28. The molecule has 0 aliphatic rings. The Hall–Kier alpha value is -4.70. The Balaban J connectivity index is 1.42. The number of hydrogen-bond donors (Lipinski definition) is 0. The SMILES string of the molecule is c1ccc(-c2nc(-c3ccccc3)nc(-c3ccc(-c4ccc5ncccc5c4)cc3)n2)cc1. The van der Waals surface area contributed by atoms with E-state index in [9.17, 15) is 0 Å². The first-order valence-corrected chi connectivity index (χ1v) is 11.2. The lowest BCUT2D eigenvalue weighted by Gasteiger charge is -2.09. The number of rotatable bonds is 4. The minimum Gasteiger partial charge on any atom is -0.256 e. The highest BCUT2D eigenvalue weighted by atomic mass is 15.0. The molecule has 0 aliphatic heterocycles. The zero-order valence-corrected chi connectivity index (χ0v) is 18.3. The summed E-state index contributed by atoms with van der Waals surface area (Å²) in [5, 5.41) is 1.13. The van der Waals surface area contributed by atoms with Crippen molar-refractivity contribution in [2.24, 2.45) is 0 Å². The Morgan fingerprint density at radius 3 is 1.47 bits per heavy atom. The van der Waals surface area contributed by atoms with Gasteiger partial charge in [-0.15, -0.1) is 0 Å². The van der Waals surface area contributed by atoms with Crippen molar-refractivity contribution in [1.82, 2.24) is 19.9 Å². The van der Waals surface area contributed by atoms with Crippen LogP contribution in [-0.4, -0.2) is 19.9 Å². The molecular formula is C30H20N4. The lowest BCUT2D eigenvalue weighted by Crippen LogP contribution is -2.00. The fraction of sp³-hybridized carbons (Fsp3) is 0. The van der Waals surface area contributed by atoms with E-state index < -0.39 is 0 Å². The zero-order chi connectivity index (χ0) is 22.7. The van der Waals surface area contributed by atoms with Gasteiger partial charge in [-0.05, 0) is 29.3 Å². The molecule has 0 N–H and O–H groups in total. The maximum absolute atomic E-state index is 4.81. The molecule has 6 aromatic rings. The molecule has 4 heteroatoms. The van der Waals surface area contributed by atoms with Crippen LogP contribution in [0.3, 0.4) is 0 Å². The van der Waals surface area contributed by atoms with Gasteiger partial charge in [0.25, 0.3) is 0 Å². The van der Waals surface area contributed by atoms with E-state index >= 15 is 0 Å². The van der Waals surface area contributed by atoms with Crippen LogP contribution < -0.4 is 0 Å². The summed E-state index contributed by atoms with van der Waals surface area (Å²) in [6.07, 6.45) is 1.82. The normalized spacial score (nSPS) is 10.9. The second kappa shape index (κ2) is 8.68. The molecule has 2 aromatic heterocycles. The van der Waals surface area contributed by atoms with Gasteiger partial charge in [0.1, 0.15) is 0 Å². The largest absolute Gasteiger partial charge is 0.256 e. The Morgan fingerprint density at radius 2 is 0.882 bits per heavy atom. The van der Waals surface area contributed by atoms with Gasteiger partial charge in [0, 0.05) is 28.3 Å². The molecule has 160 valence electrons. The molecule has 0 saturated heterocycles. The molecule has 0 radical (unpaired) electrons. The van der Waals surface area contributed by atoms with Crippen molar-refractivity contribution in [2.45, 2.75) is 0 Å². The van der Waals surface area contributed by atoms with Crippen LogP contribution in [0.5, 0.6) is 0 Å². The van der Waals surface area contributed by atoms with E-state index in [1.54, 1.807) is 0 Å². The highest BCUT2D eigenvalue weighted by molar-refractivity contribution is 5.84. The molecule has 4 nitrogen and oxygen atoms in total. The maximum atomic E-state index is 4.81. The molecule has 6 rings (SSSR count). The minimum absolute atomic E-state index is 0.655. The lowest BCUT2D eigenvalue weighted by molar-refractivity contribution is 1.07. The van der Waals surface area contributed by atoms with E-state index in [1.807, 2.05) is 72.9 Å². The summed E-state index contributed by atoms with van der Waals surface area (Å²) in [4.78, 5) is 18.8. The number of hydrogen-bond acceptors (Lipinski definition) is 4. The average Bonchev–Trinajstić information content (AvgIpc) is 2.93. The van der Waals surface area contributed by atoms with Gasteiger partial charge in [-0.25, -0.2) is 15.0 Å². The van der Waals surface area contributed by atoms with Gasteiger partial charge < -0.3 is 0 Å². The molecule has 0 atom stereocenters. The topological polar surface area (TPSA) is 51.6 Å². The Morgan fingerprint density at radius 1 is 0.382 bits per heavy atom. The van der Waals surface area contributed by atoms with Crippen molar-refractivity contribution in [3.63, 3.8) is 0 Å². The van der Waals surface area contributed by atoms with Crippen molar-refractivity contribution >= 4 is 10.9 Å². The number of pyridine rings is 1. The van der Waals surface area contributed by atoms with Gasteiger partial charge in [0.15, 0.2) is 17.5 Å². The second-order valence-corrected chi connectivity index (χ2v) is 8.03. The number of aromatic nitrogens is 4. The molecule has 0 amide bonds. The monoisotopic (exact) mass is 436 g/mol. The number of fused-ring (bicyclic) bond motifs is 1. The standard InChI is InChI=1S/C30H20N4/c1-3-8-22(9-4-1)28-32-29(23-10-5-2-6-11-23)34-30(33-28)24-15-13-21(14-16-24)25-17-18-27-26(20-25)12-7-19-31-27/h1-20H. The molecule has 0 spiro atoms.